The zero-order valence-electron chi connectivity index (χ0n) is 9.57. The maximum absolute atomic E-state index is 12.0. The van der Waals surface area contributed by atoms with Gasteiger partial charge in [0.05, 0.1) is 18.7 Å². The van der Waals surface area contributed by atoms with Gasteiger partial charge in [-0.15, -0.1) is 0 Å². The van der Waals surface area contributed by atoms with Crippen molar-refractivity contribution in [1.29, 1.82) is 5.26 Å². The fraction of sp³-hybridized carbons (Fsp3) is 0.818. The van der Waals surface area contributed by atoms with Crippen LogP contribution < -0.4 is 0 Å². The fourth-order valence-corrected chi connectivity index (χ4v) is 1.82. The molecule has 1 heterocycles. The van der Waals surface area contributed by atoms with Gasteiger partial charge in [-0.1, -0.05) is 0 Å². The number of rotatable bonds is 3. The lowest BCUT2D eigenvalue weighted by atomic mass is 10.1. The molecule has 0 saturated carbocycles. The monoisotopic (exact) mass is 209 g/mol. The molecule has 84 valence electrons. The molecule has 1 amide bonds. The minimum absolute atomic E-state index is 0.160. The molecule has 0 aromatic heterocycles. The summed E-state index contributed by atoms with van der Waals surface area (Å²) >= 11 is 0. The number of likely N-dealkylation sites (N-methyl/N-ethyl adjacent to an activating group) is 1. The molecule has 4 heteroatoms. The van der Waals surface area contributed by atoms with Crippen molar-refractivity contribution in [2.75, 3.05) is 26.7 Å². The lowest BCUT2D eigenvalue weighted by Gasteiger charge is -2.31. The van der Waals surface area contributed by atoms with Crippen molar-refractivity contribution >= 4 is 5.91 Å². The molecule has 15 heavy (non-hydrogen) atoms. The van der Waals surface area contributed by atoms with Crippen molar-refractivity contribution in [3.63, 3.8) is 0 Å². The number of piperidine rings is 1. The lowest BCUT2D eigenvalue weighted by molar-refractivity contribution is -0.136. The number of nitrogens with zero attached hydrogens (tertiary/aromatic N) is 3. The summed E-state index contributed by atoms with van der Waals surface area (Å²) in [6, 6.07) is 1.88. The van der Waals surface area contributed by atoms with E-state index in [2.05, 4.69) is 6.07 Å². The first kappa shape index (κ1) is 12.0. The summed E-state index contributed by atoms with van der Waals surface area (Å²) in [5, 5.41) is 8.56. The van der Waals surface area contributed by atoms with Gasteiger partial charge in [-0.3, -0.25) is 9.69 Å². The van der Waals surface area contributed by atoms with Crippen molar-refractivity contribution in [2.45, 2.75) is 32.2 Å². The van der Waals surface area contributed by atoms with Crippen molar-refractivity contribution in [3.05, 3.63) is 0 Å². The second kappa shape index (κ2) is 5.72. The van der Waals surface area contributed by atoms with Gasteiger partial charge in [0.25, 0.3) is 0 Å². The Kier molecular flexibility index (Phi) is 4.57. The highest BCUT2D eigenvalue weighted by atomic mass is 16.2. The van der Waals surface area contributed by atoms with E-state index in [0.29, 0.717) is 6.54 Å². The third-order valence-corrected chi connectivity index (χ3v) is 3.01. The standard InChI is InChI=1S/C11H19N3O/c1-10(13(2)9-6-12)11(15)14-7-4-3-5-8-14/h10H,3-5,7-9H2,1-2H3. The molecule has 0 bridgehead atoms. The number of carbonyl (C=O) groups is 1. The van der Waals surface area contributed by atoms with E-state index >= 15 is 0 Å². The van der Waals surface area contributed by atoms with E-state index < -0.39 is 0 Å². The van der Waals surface area contributed by atoms with Crippen LogP contribution in [0.15, 0.2) is 0 Å². The van der Waals surface area contributed by atoms with Crippen LogP contribution in [0.3, 0.4) is 0 Å². The van der Waals surface area contributed by atoms with Crippen molar-refractivity contribution in [1.82, 2.24) is 9.80 Å². The van der Waals surface area contributed by atoms with E-state index in [-0.39, 0.29) is 11.9 Å². The van der Waals surface area contributed by atoms with Gasteiger partial charge < -0.3 is 4.90 Å². The van der Waals surface area contributed by atoms with Gasteiger partial charge in [0.15, 0.2) is 0 Å². The topological polar surface area (TPSA) is 47.3 Å². The van der Waals surface area contributed by atoms with Gasteiger partial charge in [-0.2, -0.15) is 5.26 Å². The Morgan fingerprint density at radius 1 is 1.47 bits per heavy atom. The van der Waals surface area contributed by atoms with E-state index in [1.165, 1.54) is 6.42 Å². The normalized spacial score (nSPS) is 18.7. The fourth-order valence-electron chi connectivity index (χ4n) is 1.82. The van der Waals surface area contributed by atoms with Gasteiger partial charge in [-0.25, -0.2) is 0 Å². The summed E-state index contributed by atoms with van der Waals surface area (Å²) in [5.74, 6) is 0.160. The zero-order chi connectivity index (χ0) is 11.3. The van der Waals surface area contributed by atoms with Crippen LogP contribution in [0, 0.1) is 11.3 Å². The molecular formula is C11H19N3O. The highest BCUT2D eigenvalue weighted by molar-refractivity contribution is 5.81. The third-order valence-electron chi connectivity index (χ3n) is 3.01. The van der Waals surface area contributed by atoms with Gasteiger partial charge >= 0.3 is 0 Å². The number of hydrogen-bond donors (Lipinski definition) is 0. The number of nitriles is 1. The van der Waals surface area contributed by atoms with E-state index in [9.17, 15) is 4.79 Å². The molecule has 0 radical (unpaired) electrons. The molecule has 1 aliphatic heterocycles. The Hall–Kier alpha value is -1.08. The SMILES string of the molecule is CC(C(=O)N1CCCCC1)N(C)CC#N. The maximum atomic E-state index is 12.0. The highest BCUT2D eigenvalue weighted by Gasteiger charge is 2.24. The number of amides is 1. The van der Waals surface area contributed by atoms with E-state index in [1.54, 1.807) is 4.90 Å². The van der Waals surface area contributed by atoms with E-state index in [1.807, 2.05) is 18.9 Å². The predicted octanol–water partition coefficient (Wildman–Crippen LogP) is 0.843. The zero-order valence-corrected chi connectivity index (χ0v) is 9.57. The smallest absolute Gasteiger partial charge is 0.239 e. The predicted molar refractivity (Wildman–Crippen MR) is 58.1 cm³/mol. The largest absolute Gasteiger partial charge is 0.341 e. The lowest BCUT2D eigenvalue weighted by Crippen LogP contribution is -2.47. The molecule has 1 rings (SSSR count). The third kappa shape index (κ3) is 3.21. The van der Waals surface area contributed by atoms with Gasteiger partial charge in [0.1, 0.15) is 0 Å². The molecule has 0 aromatic carbocycles. The van der Waals surface area contributed by atoms with Crippen LogP contribution >= 0.6 is 0 Å². The number of carbonyl (C=O) groups excluding carboxylic acids is 1. The first-order chi connectivity index (χ1) is 7.16. The number of hydrogen-bond acceptors (Lipinski definition) is 3. The maximum Gasteiger partial charge on any atom is 0.239 e. The van der Waals surface area contributed by atoms with Gasteiger partial charge in [0, 0.05) is 13.1 Å². The Morgan fingerprint density at radius 2 is 2.07 bits per heavy atom. The molecule has 1 unspecified atom stereocenters. The molecule has 1 aliphatic rings. The Labute approximate surface area is 91.5 Å². The molecule has 0 spiro atoms. The Morgan fingerprint density at radius 3 is 2.60 bits per heavy atom. The van der Waals surface area contributed by atoms with E-state index in [4.69, 9.17) is 5.26 Å². The molecule has 1 saturated heterocycles. The summed E-state index contributed by atoms with van der Waals surface area (Å²) in [7, 11) is 1.82. The molecule has 0 N–H and O–H groups in total. The van der Waals surface area contributed by atoms with Crippen LogP contribution in [0.5, 0.6) is 0 Å². The molecular weight excluding hydrogens is 190 g/mol. The molecule has 4 nitrogen and oxygen atoms in total. The van der Waals surface area contributed by atoms with Crippen LogP contribution in [0.2, 0.25) is 0 Å². The summed E-state index contributed by atoms with van der Waals surface area (Å²) in [6.45, 7) is 3.93. The van der Waals surface area contributed by atoms with Crippen LogP contribution in [0.4, 0.5) is 0 Å². The quantitative estimate of drug-likeness (QED) is 0.647. The summed E-state index contributed by atoms with van der Waals surface area (Å²) < 4.78 is 0. The molecule has 1 fully saturated rings. The van der Waals surface area contributed by atoms with Crippen LogP contribution in [0.25, 0.3) is 0 Å². The highest BCUT2D eigenvalue weighted by Crippen LogP contribution is 2.11. The molecule has 0 aromatic rings. The van der Waals surface area contributed by atoms with Crippen molar-refractivity contribution < 1.29 is 4.79 Å². The van der Waals surface area contributed by atoms with Crippen LogP contribution in [-0.2, 0) is 4.79 Å². The Balaban J connectivity index is 2.47. The second-order valence-corrected chi connectivity index (χ2v) is 4.14. The van der Waals surface area contributed by atoms with Crippen molar-refractivity contribution in [2.24, 2.45) is 0 Å². The summed E-state index contributed by atoms with van der Waals surface area (Å²) in [4.78, 5) is 15.7. The first-order valence-electron chi connectivity index (χ1n) is 5.53. The van der Waals surface area contributed by atoms with Gasteiger partial charge in [-0.05, 0) is 33.2 Å². The van der Waals surface area contributed by atoms with Gasteiger partial charge in [0.2, 0.25) is 5.91 Å². The average molecular weight is 209 g/mol. The minimum Gasteiger partial charge on any atom is -0.341 e. The average Bonchev–Trinajstić information content (AvgIpc) is 2.28. The summed E-state index contributed by atoms with van der Waals surface area (Å²) in [6.07, 6.45) is 3.45. The molecule has 0 aliphatic carbocycles. The van der Waals surface area contributed by atoms with Crippen molar-refractivity contribution in [3.8, 4) is 6.07 Å². The number of likely N-dealkylation sites (tertiary alicyclic amines) is 1. The first-order valence-corrected chi connectivity index (χ1v) is 5.53. The summed E-state index contributed by atoms with van der Waals surface area (Å²) in [5.41, 5.74) is 0. The minimum atomic E-state index is -0.178. The molecule has 1 atom stereocenters. The van der Waals surface area contributed by atoms with E-state index in [0.717, 1.165) is 25.9 Å². The Bertz CT molecular complexity index is 253. The van der Waals surface area contributed by atoms with Crippen LogP contribution in [-0.4, -0.2) is 48.4 Å². The second-order valence-electron chi connectivity index (χ2n) is 4.14. The van der Waals surface area contributed by atoms with Crippen LogP contribution in [0.1, 0.15) is 26.2 Å².